The third-order valence-electron chi connectivity index (χ3n) is 2.62. The van der Waals surface area contributed by atoms with Crippen LogP contribution in [0.4, 0.5) is 5.69 Å². The van der Waals surface area contributed by atoms with Gasteiger partial charge in [0.25, 0.3) is 0 Å². The third kappa shape index (κ3) is 3.43. The van der Waals surface area contributed by atoms with Crippen LogP contribution in [0.25, 0.3) is 0 Å². The summed E-state index contributed by atoms with van der Waals surface area (Å²) in [6.07, 6.45) is 0. The first kappa shape index (κ1) is 14.7. The van der Waals surface area contributed by atoms with Crippen LogP contribution in [0.2, 0.25) is 5.02 Å². The van der Waals surface area contributed by atoms with Crippen molar-refractivity contribution in [1.82, 2.24) is 0 Å². The molecule has 2 aromatic carbocycles. The maximum Gasteiger partial charge on any atom is 0.335 e. The third-order valence-corrected chi connectivity index (χ3v) is 3.43. The van der Waals surface area contributed by atoms with Gasteiger partial charge < -0.3 is 15.6 Å². The highest BCUT2D eigenvalue weighted by Crippen LogP contribution is 2.35. The summed E-state index contributed by atoms with van der Waals surface area (Å²) in [5, 5.41) is 9.34. The smallest absolute Gasteiger partial charge is 0.335 e. The Bertz CT molecular complexity index is 620. The Balaban J connectivity index is 2.11. The summed E-state index contributed by atoms with van der Waals surface area (Å²) in [5.74, 6) is -0.445. The Kier molecular flexibility index (Phi) is 4.52. The molecule has 6 heteroatoms. The van der Waals surface area contributed by atoms with Crippen molar-refractivity contribution in [3.63, 3.8) is 0 Å². The van der Waals surface area contributed by atoms with Gasteiger partial charge in [0.15, 0.2) is 5.75 Å². The van der Waals surface area contributed by atoms with Crippen molar-refractivity contribution < 1.29 is 14.6 Å². The Morgan fingerprint density at radius 2 is 1.95 bits per heavy atom. The molecular weight excluding hydrogens is 346 g/mol. The van der Waals surface area contributed by atoms with Crippen molar-refractivity contribution in [3.05, 3.63) is 57.0 Å². The highest BCUT2D eigenvalue weighted by atomic mass is 79.9. The maximum absolute atomic E-state index is 10.7. The zero-order valence-corrected chi connectivity index (χ0v) is 12.6. The minimum atomic E-state index is -0.956. The normalized spacial score (nSPS) is 10.3. The minimum Gasteiger partial charge on any atom is -0.486 e. The molecular formula is C14H11BrClNO3. The van der Waals surface area contributed by atoms with E-state index in [4.69, 9.17) is 27.2 Å². The fourth-order valence-electron chi connectivity index (χ4n) is 1.63. The number of anilines is 1. The van der Waals surface area contributed by atoms with Gasteiger partial charge in [-0.2, -0.15) is 0 Å². The Morgan fingerprint density at radius 1 is 1.30 bits per heavy atom. The van der Waals surface area contributed by atoms with Gasteiger partial charge in [-0.05, 0) is 45.8 Å². The highest BCUT2D eigenvalue weighted by Gasteiger charge is 2.08. The van der Waals surface area contributed by atoms with E-state index in [0.717, 1.165) is 5.56 Å². The lowest BCUT2D eigenvalue weighted by Gasteiger charge is -2.11. The molecule has 0 saturated heterocycles. The quantitative estimate of drug-likeness (QED) is 0.813. The number of aromatic carboxylic acids is 1. The second kappa shape index (κ2) is 6.15. The molecule has 104 valence electrons. The first-order valence-electron chi connectivity index (χ1n) is 5.67. The zero-order chi connectivity index (χ0) is 14.7. The molecule has 0 radical (unpaired) electrons. The first-order chi connectivity index (χ1) is 9.47. The van der Waals surface area contributed by atoms with Crippen LogP contribution in [-0.4, -0.2) is 11.1 Å². The van der Waals surface area contributed by atoms with Crippen LogP contribution >= 0.6 is 27.5 Å². The molecule has 0 bridgehead atoms. The van der Waals surface area contributed by atoms with Gasteiger partial charge >= 0.3 is 5.97 Å². The van der Waals surface area contributed by atoms with Gasteiger partial charge in [-0.15, -0.1) is 0 Å². The van der Waals surface area contributed by atoms with Crippen LogP contribution < -0.4 is 10.5 Å². The van der Waals surface area contributed by atoms with E-state index in [0.29, 0.717) is 20.9 Å². The van der Waals surface area contributed by atoms with Crippen molar-refractivity contribution in [2.45, 2.75) is 6.61 Å². The standard InChI is InChI=1S/C14H11BrClNO3/c15-11-5-10(16)6-12(17)13(11)20-7-8-1-3-9(4-2-8)14(18)19/h1-6H,7,17H2,(H,18,19). The van der Waals surface area contributed by atoms with E-state index in [1.807, 2.05) is 0 Å². The van der Waals surface area contributed by atoms with E-state index in [1.54, 1.807) is 24.3 Å². The van der Waals surface area contributed by atoms with Crippen molar-refractivity contribution in [1.29, 1.82) is 0 Å². The maximum atomic E-state index is 10.7. The first-order valence-corrected chi connectivity index (χ1v) is 6.84. The van der Waals surface area contributed by atoms with Crippen LogP contribution in [0, 0.1) is 0 Å². The number of halogens is 2. The van der Waals surface area contributed by atoms with Crippen LogP contribution in [0.15, 0.2) is 40.9 Å². The molecule has 0 aliphatic rings. The second-order valence-corrected chi connectivity index (χ2v) is 5.39. The zero-order valence-electron chi connectivity index (χ0n) is 10.3. The summed E-state index contributed by atoms with van der Waals surface area (Å²) in [7, 11) is 0. The van der Waals surface area contributed by atoms with Crippen LogP contribution in [0.3, 0.4) is 0 Å². The molecule has 20 heavy (non-hydrogen) atoms. The molecule has 0 aromatic heterocycles. The number of hydrogen-bond donors (Lipinski definition) is 2. The van der Waals surface area contributed by atoms with E-state index in [9.17, 15) is 4.79 Å². The van der Waals surface area contributed by atoms with Crippen LogP contribution in [0.1, 0.15) is 15.9 Å². The topological polar surface area (TPSA) is 72.5 Å². The van der Waals surface area contributed by atoms with Gasteiger partial charge in [0.05, 0.1) is 15.7 Å². The van der Waals surface area contributed by atoms with Crippen LogP contribution in [-0.2, 0) is 6.61 Å². The lowest BCUT2D eigenvalue weighted by molar-refractivity contribution is 0.0697. The number of rotatable bonds is 4. The predicted octanol–water partition coefficient (Wildman–Crippen LogP) is 3.96. The Labute approximate surface area is 129 Å². The largest absolute Gasteiger partial charge is 0.486 e. The Hall–Kier alpha value is -1.72. The number of benzene rings is 2. The molecule has 0 saturated carbocycles. The highest BCUT2D eigenvalue weighted by molar-refractivity contribution is 9.10. The molecule has 0 aliphatic heterocycles. The van der Waals surface area contributed by atoms with Crippen molar-refractivity contribution >= 4 is 39.2 Å². The molecule has 2 aromatic rings. The van der Waals surface area contributed by atoms with Crippen LogP contribution in [0.5, 0.6) is 5.75 Å². The lowest BCUT2D eigenvalue weighted by Crippen LogP contribution is -2.01. The molecule has 3 N–H and O–H groups in total. The van der Waals surface area contributed by atoms with E-state index >= 15 is 0 Å². The number of carboxylic acids is 1. The summed E-state index contributed by atoms with van der Waals surface area (Å²) in [6, 6.07) is 9.76. The van der Waals surface area contributed by atoms with Gasteiger partial charge in [-0.25, -0.2) is 4.79 Å². The van der Waals surface area contributed by atoms with Crippen molar-refractivity contribution in [2.24, 2.45) is 0 Å². The van der Waals surface area contributed by atoms with Gasteiger partial charge in [-0.1, -0.05) is 23.7 Å². The summed E-state index contributed by atoms with van der Waals surface area (Å²) < 4.78 is 6.30. The lowest BCUT2D eigenvalue weighted by atomic mass is 10.1. The van der Waals surface area contributed by atoms with E-state index in [-0.39, 0.29) is 12.2 Å². The average molecular weight is 357 g/mol. The molecule has 0 heterocycles. The summed E-state index contributed by atoms with van der Waals surface area (Å²) in [6.45, 7) is 0.282. The monoisotopic (exact) mass is 355 g/mol. The molecule has 2 rings (SSSR count). The molecule has 0 amide bonds. The molecule has 4 nitrogen and oxygen atoms in total. The minimum absolute atomic E-state index is 0.237. The van der Waals surface area contributed by atoms with E-state index < -0.39 is 5.97 Å². The van der Waals surface area contributed by atoms with Crippen molar-refractivity contribution in [2.75, 3.05) is 5.73 Å². The summed E-state index contributed by atoms with van der Waals surface area (Å²) in [5.41, 5.74) is 7.35. The van der Waals surface area contributed by atoms with E-state index in [1.165, 1.54) is 12.1 Å². The number of nitrogen functional groups attached to an aromatic ring is 1. The average Bonchev–Trinajstić information content (AvgIpc) is 2.38. The molecule has 0 unspecified atom stereocenters. The summed E-state index contributed by atoms with van der Waals surface area (Å²) in [4.78, 5) is 10.7. The van der Waals surface area contributed by atoms with Gasteiger partial charge in [0.1, 0.15) is 6.61 Å². The number of carbonyl (C=O) groups is 1. The van der Waals surface area contributed by atoms with Crippen molar-refractivity contribution in [3.8, 4) is 5.75 Å². The number of hydrogen-bond acceptors (Lipinski definition) is 3. The second-order valence-electron chi connectivity index (χ2n) is 4.10. The van der Waals surface area contributed by atoms with Gasteiger partial charge in [-0.3, -0.25) is 0 Å². The van der Waals surface area contributed by atoms with E-state index in [2.05, 4.69) is 15.9 Å². The molecule has 0 spiro atoms. The predicted molar refractivity (Wildman–Crippen MR) is 81.3 cm³/mol. The fraction of sp³-hybridized carbons (Fsp3) is 0.0714. The number of nitrogens with two attached hydrogens (primary N) is 1. The Morgan fingerprint density at radius 3 is 2.50 bits per heavy atom. The molecule has 0 aliphatic carbocycles. The van der Waals surface area contributed by atoms with Gasteiger partial charge in [0.2, 0.25) is 0 Å². The molecule has 0 atom stereocenters. The summed E-state index contributed by atoms with van der Waals surface area (Å²) >= 11 is 9.20. The van der Waals surface area contributed by atoms with Gasteiger partial charge in [0, 0.05) is 5.02 Å². The molecule has 0 fully saturated rings. The SMILES string of the molecule is Nc1cc(Cl)cc(Br)c1OCc1ccc(C(=O)O)cc1. The number of ether oxygens (including phenoxy) is 1. The fourth-order valence-corrected chi connectivity index (χ4v) is 2.58. The number of carboxylic acid groups (broad SMARTS) is 1.